The lowest BCUT2D eigenvalue weighted by atomic mass is 10.5. The van der Waals surface area contributed by atoms with E-state index in [0.717, 1.165) is 17.4 Å². The molecule has 0 unspecified atom stereocenters. The zero-order valence-electron chi connectivity index (χ0n) is 5.27. The first-order valence-electron chi connectivity index (χ1n) is 2.78. The maximum atomic E-state index is 4.11. The molecule has 0 aliphatic rings. The summed E-state index contributed by atoms with van der Waals surface area (Å²) in [6.45, 7) is 1.88. The fraction of sp³-hybridized carbons (Fsp3) is 0.200. The van der Waals surface area contributed by atoms with Gasteiger partial charge in [-0.25, -0.2) is 9.97 Å². The van der Waals surface area contributed by atoms with Gasteiger partial charge in [0.05, 0.1) is 23.6 Å². The molecule has 0 aromatic carbocycles. The second-order valence-corrected chi connectivity index (χ2v) is 2.45. The van der Waals surface area contributed by atoms with Crippen molar-refractivity contribution >= 4 is 23.0 Å². The van der Waals surface area contributed by atoms with E-state index in [0.29, 0.717) is 11.3 Å². The van der Waals surface area contributed by atoms with Crippen LogP contribution in [-0.2, 0) is 0 Å². The highest BCUT2D eigenvalue weighted by Gasteiger charge is 1.98. The summed E-state index contributed by atoms with van der Waals surface area (Å²) in [6.07, 6.45) is 1.68. The van der Waals surface area contributed by atoms with Crippen LogP contribution >= 0.6 is 11.7 Å². The van der Waals surface area contributed by atoms with Crippen LogP contribution in [0.5, 0.6) is 0 Å². The molecule has 4 nitrogen and oxygen atoms in total. The molecule has 5 heteroatoms. The van der Waals surface area contributed by atoms with Crippen LogP contribution < -0.4 is 0 Å². The standard InChI is InChI=1S/C5H4N4S/c1-3-2-6-4-5(7-3)9-10-8-4/h2H,1H3. The zero-order valence-corrected chi connectivity index (χ0v) is 6.09. The summed E-state index contributed by atoms with van der Waals surface area (Å²) in [4.78, 5) is 8.12. The minimum Gasteiger partial charge on any atom is -0.231 e. The second kappa shape index (κ2) is 1.95. The van der Waals surface area contributed by atoms with Gasteiger partial charge in [0.2, 0.25) is 11.3 Å². The predicted octanol–water partition coefficient (Wildman–Crippen LogP) is 0.790. The van der Waals surface area contributed by atoms with Gasteiger partial charge in [-0.15, -0.1) is 0 Å². The van der Waals surface area contributed by atoms with Gasteiger partial charge >= 0.3 is 0 Å². The van der Waals surface area contributed by atoms with Gasteiger partial charge in [0, 0.05) is 0 Å². The summed E-state index contributed by atoms with van der Waals surface area (Å²) in [5, 5.41) is 0. The molecule has 0 radical (unpaired) electrons. The molecule has 0 aliphatic carbocycles. The van der Waals surface area contributed by atoms with Crippen molar-refractivity contribution in [2.24, 2.45) is 0 Å². The largest absolute Gasteiger partial charge is 0.231 e. The van der Waals surface area contributed by atoms with Crippen LogP contribution in [0, 0.1) is 6.92 Å². The number of hydrogen-bond acceptors (Lipinski definition) is 5. The first-order valence-corrected chi connectivity index (χ1v) is 3.51. The summed E-state index contributed by atoms with van der Waals surface area (Å²) >= 11 is 1.14. The molecule has 2 aromatic heterocycles. The number of hydrogen-bond donors (Lipinski definition) is 0. The van der Waals surface area contributed by atoms with Crippen LogP contribution in [0.25, 0.3) is 11.3 Å². The summed E-state index contributed by atoms with van der Waals surface area (Å²) in [7, 11) is 0. The van der Waals surface area contributed by atoms with Crippen molar-refractivity contribution in [1.29, 1.82) is 0 Å². The van der Waals surface area contributed by atoms with E-state index in [1.165, 1.54) is 0 Å². The summed E-state index contributed by atoms with van der Waals surface area (Å²) in [6, 6.07) is 0. The maximum Gasteiger partial charge on any atom is 0.212 e. The Morgan fingerprint density at radius 1 is 1.30 bits per heavy atom. The number of fused-ring (bicyclic) bond motifs is 1. The van der Waals surface area contributed by atoms with Crippen molar-refractivity contribution in [2.75, 3.05) is 0 Å². The molecule has 50 valence electrons. The fourth-order valence-electron chi connectivity index (χ4n) is 0.682. The normalized spacial score (nSPS) is 10.5. The molecule has 0 aliphatic heterocycles. The highest BCUT2D eigenvalue weighted by molar-refractivity contribution is 6.99. The van der Waals surface area contributed by atoms with Crippen molar-refractivity contribution in [1.82, 2.24) is 18.7 Å². The smallest absolute Gasteiger partial charge is 0.212 e. The maximum absolute atomic E-state index is 4.11. The van der Waals surface area contributed by atoms with E-state index >= 15 is 0 Å². The average molecular weight is 152 g/mol. The topological polar surface area (TPSA) is 51.6 Å². The van der Waals surface area contributed by atoms with E-state index in [4.69, 9.17) is 0 Å². The Labute approximate surface area is 61.3 Å². The first kappa shape index (κ1) is 5.67. The number of rotatable bonds is 0. The quantitative estimate of drug-likeness (QED) is 0.560. The van der Waals surface area contributed by atoms with E-state index in [2.05, 4.69) is 18.7 Å². The van der Waals surface area contributed by atoms with Crippen LogP contribution in [0.3, 0.4) is 0 Å². The van der Waals surface area contributed by atoms with Crippen molar-refractivity contribution in [3.63, 3.8) is 0 Å². The highest BCUT2D eigenvalue weighted by Crippen LogP contribution is 2.04. The third-order valence-electron chi connectivity index (χ3n) is 1.11. The molecule has 2 aromatic rings. The molecular formula is C5H4N4S. The Morgan fingerprint density at radius 2 is 2.10 bits per heavy atom. The summed E-state index contributed by atoms with van der Waals surface area (Å²) in [5.74, 6) is 0. The molecule has 0 spiro atoms. The SMILES string of the molecule is Cc1cnc2nsnc2n1. The van der Waals surface area contributed by atoms with E-state index in [9.17, 15) is 0 Å². The monoisotopic (exact) mass is 152 g/mol. The van der Waals surface area contributed by atoms with Gasteiger partial charge in [-0.2, -0.15) is 8.75 Å². The van der Waals surface area contributed by atoms with E-state index in [1.807, 2.05) is 6.92 Å². The lowest BCUT2D eigenvalue weighted by Crippen LogP contribution is -1.84. The molecule has 0 saturated heterocycles. The van der Waals surface area contributed by atoms with Gasteiger partial charge in [0.25, 0.3) is 0 Å². The van der Waals surface area contributed by atoms with Crippen LogP contribution in [0.4, 0.5) is 0 Å². The van der Waals surface area contributed by atoms with Gasteiger partial charge in [-0.3, -0.25) is 0 Å². The van der Waals surface area contributed by atoms with Crippen LogP contribution in [0.1, 0.15) is 5.69 Å². The molecule has 0 atom stereocenters. The van der Waals surface area contributed by atoms with Gasteiger partial charge in [-0.05, 0) is 6.92 Å². The molecule has 0 fully saturated rings. The molecule has 0 bridgehead atoms. The van der Waals surface area contributed by atoms with Crippen LogP contribution in [0.2, 0.25) is 0 Å². The van der Waals surface area contributed by atoms with E-state index < -0.39 is 0 Å². The van der Waals surface area contributed by atoms with Crippen molar-refractivity contribution in [3.05, 3.63) is 11.9 Å². The Balaban J connectivity index is 2.86. The Morgan fingerprint density at radius 3 is 3.00 bits per heavy atom. The van der Waals surface area contributed by atoms with E-state index in [-0.39, 0.29) is 0 Å². The third kappa shape index (κ3) is 0.750. The lowest BCUT2D eigenvalue weighted by Gasteiger charge is -1.85. The molecule has 0 N–H and O–H groups in total. The average Bonchev–Trinajstić information content (AvgIpc) is 2.33. The predicted molar refractivity (Wildman–Crippen MR) is 37.7 cm³/mol. The molecule has 10 heavy (non-hydrogen) atoms. The third-order valence-corrected chi connectivity index (χ3v) is 1.62. The number of nitrogens with zero attached hydrogens (tertiary/aromatic N) is 4. The van der Waals surface area contributed by atoms with Gasteiger partial charge in [-0.1, -0.05) is 0 Å². The minimum atomic E-state index is 0.635. The van der Waals surface area contributed by atoms with Crippen molar-refractivity contribution in [2.45, 2.75) is 6.92 Å². The molecule has 2 rings (SSSR count). The molecule has 0 saturated carbocycles. The van der Waals surface area contributed by atoms with Gasteiger partial charge in [0.15, 0.2) is 0 Å². The van der Waals surface area contributed by atoms with Crippen LogP contribution in [0.15, 0.2) is 6.20 Å². The molecule has 0 amide bonds. The number of aryl methyl sites for hydroxylation is 1. The van der Waals surface area contributed by atoms with Gasteiger partial charge in [0.1, 0.15) is 0 Å². The summed E-state index contributed by atoms with van der Waals surface area (Å²) < 4.78 is 7.85. The van der Waals surface area contributed by atoms with Crippen LogP contribution in [-0.4, -0.2) is 18.7 Å². The van der Waals surface area contributed by atoms with Crippen molar-refractivity contribution < 1.29 is 0 Å². The Hall–Kier alpha value is -1.10. The summed E-state index contributed by atoms with van der Waals surface area (Å²) in [5.41, 5.74) is 2.15. The van der Waals surface area contributed by atoms with E-state index in [1.54, 1.807) is 6.20 Å². The number of aromatic nitrogens is 4. The minimum absolute atomic E-state index is 0.635. The Bertz CT molecular complexity index is 355. The highest BCUT2D eigenvalue weighted by atomic mass is 32.1. The van der Waals surface area contributed by atoms with Crippen molar-refractivity contribution in [3.8, 4) is 0 Å². The first-order chi connectivity index (χ1) is 4.86. The zero-order chi connectivity index (χ0) is 6.97. The lowest BCUT2D eigenvalue weighted by molar-refractivity contribution is 1.16. The van der Waals surface area contributed by atoms with Gasteiger partial charge < -0.3 is 0 Å². The second-order valence-electron chi connectivity index (χ2n) is 1.92. The Kier molecular flexibility index (Phi) is 1.10. The molecular weight excluding hydrogens is 148 g/mol. The fourth-order valence-corrected chi connectivity index (χ4v) is 1.13. The molecule has 2 heterocycles.